The predicted molar refractivity (Wildman–Crippen MR) is 76.7 cm³/mol. The summed E-state index contributed by atoms with van der Waals surface area (Å²) < 4.78 is 0. The number of rotatable bonds is 4. The standard InChI is InChI=1S/C17H20O/c1-13(2)3-4-14-5-7-15(8-6-14)16-9-11-17(18)12-10-16/h5-13,18H,3-4H2,1-2H3. The molecule has 0 heterocycles. The molecule has 0 bridgehead atoms. The molecule has 94 valence electrons. The zero-order valence-electron chi connectivity index (χ0n) is 11.1. The van der Waals surface area contributed by atoms with E-state index in [1.807, 2.05) is 12.1 Å². The largest absolute Gasteiger partial charge is 0.508 e. The fourth-order valence-electron chi connectivity index (χ4n) is 1.97. The van der Waals surface area contributed by atoms with Gasteiger partial charge in [0.2, 0.25) is 0 Å². The van der Waals surface area contributed by atoms with Crippen molar-refractivity contribution in [3.05, 3.63) is 54.1 Å². The quantitative estimate of drug-likeness (QED) is 0.825. The molecule has 0 saturated heterocycles. The van der Waals surface area contributed by atoms with Crippen LogP contribution in [0.4, 0.5) is 0 Å². The van der Waals surface area contributed by atoms with Crippen molar-refractivity contribution in [1.82, 2.24) is 0 Å². The van der Waals surface area contributed by atoms with Crippen molar-refractivity contribution in [2.24, 2.45) is 5.92 Å². The van der Waals surface area contributed by atoms with Gasteiger partial charge in [0.1, 0.15) is 5.75 Å². The van der Waals surface area contributed by atoms with E-state index in [0.29, 0.717) is 5.75 Å². The Morgan fingerprint density at radius 2 is 1.33 bits per heavy atom. The summed E-state index contributed by atoms with van der Waals surface area (Å²) >= 11 is 0. The molecule has 0 aliphatic rings. The molecule has 0 unspecified atom stereocenters. The lowest BCUT2D eigenvalue weighted by Crippen LogP contribution is -1.91. The molecule has 0 aliphatic carbocycles. The minimum Gasteiger partial charge on any atom is -0.508 e. The third-order valence-corrected chi connectivity index (χ3v) is 3.16. The highest BCUT2D eigenvalue weighted by Crippen LogP contribution is 2.22. The van der Waals surface area contributed by atoms with Gasteiger partial charge in [0.15, 0.2) is 0 Å². The summed E-state index contributed by atoms with van der Waals surface area (Å²) in [5, 5.41) is 9.27. The monoisotopic (exact) mass is 240 g/mol. The lowest BCUT2D eigenvalue weighted by Gasteiger charge is -2.06. The van der Waals surface area contributed by atoms with Crippen LogP contribution in [-0.4, -0.2) is 5.11 Å². The molecular formula is C17H20O. The fourth-order valence-corrected chi connectivity index (χ4v) is 1.97. The summed E-state index contributed by atoms with van der Waals surface area (Å²) in [6, 6.07) is 16.0. The summed E-state index contributed by atoms with van der Waals surface area (Å²) in [4.78, 5) is 0. The van der Waals surface area contributed by atoms with Crippen LogP contribution in [0.5, 0.6) is 5.75 Å². The maximum atomic E-state index is 9.27. The van der Waals surface area contributed by atoms with Gasteiger partial charge in [-0.2, -0.15) is 0 Å². The highest BCUT2D eigenvalue weighted by atomic mass is 16.3. The van der Waals surface area contributed by atoms with E-state index in [4.69, 9.17) is 0 Å². The number of phenolic OH excluding ortho intramolecular Hbond substituents is 1. The Labute approximate surface area is 109 Å². The molecule has 0 amide bonds. The smallest absolute Gasteiger partial charge is 0.115 e. The molecule has 1 N–H and O–H groups in total. The average Bonchev–Trinajstić information content (AvgIpc) is 2.38. The summed E-state index contributed by atoms with van der Waals surface area (Å²) in [7, 11) is 0. The van der Waals surface area contributed by atoms with Crippen LogP contribution in [0, 0.1) is 5.92 Å². The molecule has 18 heavy (non-hydrogen) atoms. The van der Waals surface area contributed by atoms with Crippen LogP contribution >= 0.6 is 0 Å². The summed E-state index contributed by atoms with van der Waals surface area (Å²) in [6.07, 6.45) is 2.38. The Bertz CT molecular complexity index is 480. The van der Waals surface area contributed by atoms with Gasteiger partial charge < -0.3 is 5.11 Å². The number of hydrogen-bond acceptors (Lipinski definition) is 1. The highest BCUT2D eigenvalue weighted by Gasteiger charge is 2.00. The number of hydrogen-bond donors (Lipinski definition) is 1. The van der Waals surface area contributed by atoms with Crippen molar-refractivity contribution in [1.29, 1.82) is 0 Å². The Morgan fingerprint density at radius 3 is 1.83 bits per heavy atom. The topological polar surface area (TPSA) is 20.2 Å². The van der Waals surface area contributed by atoms with E-state index in [2.05, 4.69) is 38.1 Å². The minimum absolute atomic E-state index is 0.312. The minimum atomic E-state index is 0.312. The molecule has 2 aromatic rings. The number of phenols is 1. The van der Waals surface area contributed by atoms with Gasteiger partial charge in [-0.3, -0.25) is 0 Å². The van der Waals surface area contributed by atoms with Crippen LogP contribution in [0.1, 0.15) is 25.8 Å². The molecule has 1 heteroatoms. The van der Waals surface area contributed by atoms with Crippen molar-refractivity contribution in [3.63, 3.8) is 0 Å². The van der Waals surface area contributed by atoms with Gasteiger partial charge in [0, 0.05) is 0 Å². The van der Waals surface area contributed by atoms with Crippen LogP contribution in [-0.2, 0) is 6.42 Å². The first kappa shape index (κ1) is 12.7. The van der Waals surface area contributed by atoms with Gasteiger partial charge in [-0.15, -0.1) is 0 Å². The highest BCUT2D eigenvalue weighted by molar-refractivity contribution is 5.64. The number of benzene rings is 2. The molecule has 0 fully saturated rings. The molecule has 0 aromatic heterocycles. The molecule has 0 spiro atoms. The molecule has 2 aromatic carbocycles. The third kappa shape index (κ3) is 3.36. The van der Waals surface area contributed by atoms with Crippen molar-refractivity contribution < 1.29 is 5.11 Å². The van der Waals surface area contributed by atoms with Gasteiger partial charge in [0.05, 0.1) is 0 Å². The lowest BCUT2D eigenvalue weighted by molar-refractivity contribution is 0.475. The molecule has 0 atom stereocenters. The molecular weight excluding hydrogens is 220 g/mol. The van der Waals surface area contributed by atoms with Gasteiger partial charge in [-0.1, -0.05) is 50.2 Å². The van der Waals surface area contributed by atoms with E-state index in [1.165, 1.54) is 17.5 Å². The predicted octanol–water partition coefficient (Wildman–Crippen LogP) is 4.65. The second-order valence-electron chi connectivity index (χ2n) is 5.18. The van der Waals surface area contributed by atoms with Gasteiger partial charge in [-0.25, -0.2) is 0 Å². The second-order valence-corrected chi connectivity index (χ2v) is 5.18. The zero-order valence-corrected chi connectivity index (χ0v) is 11.1. The van der Waals surface area contributed by atoms with E-state index < -0.39 is 0 Å². The zero-order chi connectivity index (χ0) is 13.0. The van der Waals surface area contributed by atoms with Crippen molar-refractivity contribution in [2.45, 2.75) is 26.7 Å². The molecule has 1 nitrogen and oxygen atoms in total. The summed E-state index contributed by atoms with van der Waals surface area (Å²) in [5.41, 5.74) is 3.73. The van der Waals surface area contributed by atoms with E-state index in [0.717, 1.165) is 17.9 Å². The first-order valence-electron chi connectivity index (χ1n) is 6.53. The lowest BCUT2D eigenvalue weighted by atomic mass is 9.99. The van der Waals surface area contributed by atoms with Gasteiger partial charge >= 0.3 is 0 Å². The average molecular weight is 240 g/mol. The van der Waals surface area contributed by atoms with E-state index in [9.17, 15) is 5.11 Å². The second kappa shape index (κ2) is 5.72. The van der Waals surface area contributed by atoms with Gasteiger partial charge in [0.25, 0.3) is 0 Å². The molecule has 2 rings (SSSR count). The number of aryl methyl sites for hydroxylation is 1. The summed E-state index contributed by atoms with van der Waals surface area (Å²) in [6.45, 7) is 4.51. The van der Waals surface area contributed by atoms with E-state index in [-0.39, 0.29) is 0 Å². The Balaban J connectivity index is 2.09. The summed E-state index contributed by atoms with van der Waals surface area (Å²) in [5.74, 6) is 1.06. The normalized spacial score (nSPS) is 10.8. The van der Waals surface area contributed by atoms with Gasteiger partial charge in [-0.05, 0) is 47.6 Å². The molecule has 0 aliphatic heterocycles. The van der Waals surface area contributed by atoms with Crippen LogP contribution in [0.25, 0.3) is 11.1 Å². The molecule has 0 saturated carbocycles. The first-order chi connectivity index (χ1) is 8.65. The van der Waals surface area contributed by atoms with Crippen molar-refractivity contribution >= 4 is 0 Å². The van der Waals surface area contributed by atoms with Crippen LogP contribution in [0.3, 0.4) is 0 Å². The van der Waals surface area contributed by atoms with E-state index in [1.54, 1.807) is 12.1 Å². The van der Waals surface area contributed by atoms with Crippen LogP contribution in [0.15, 0.2) is 48.5 Å². The Kier molecular flexibility index (Phi) is 4.03. The fraction of sp³-hybridized carbons (Fsp3) is 0.294. The maximum absolute atomic E-state index is 9.27. The third-order valence-electron chi connectivity index (χ3n) is 3.16. The first-order valence-corrected chi connectivity index (χ1v) is 6.53. The van der Waals surface area contributed by atoms with Crippen LogP contribution in [0.2, 0.25) is 0 Å². The maximum Gasteiger partial charge on any atom is 0.115 e. The Morgan fingerprint density at radius 1 is 0.833 bits per heavy atom. The van der Waals surface area contributed by atoms with Crippen molar-refractivity contribution in [3.8, 4) is 16.9 Å². The van der Waals surface area contributed by atoms with Crippen LogP contribution < -0.4 is 0 Å². The van der Waals surface area contributed by atoms with Crippen molar-refractivity contribution in [2.75, 3.05) is 0 Å². The Hall–Kier alpha value is -1.76. The SMILES string of the molecule is CC(C)CCc1ccc(-c2ccc(O)cc2)cc1. The molecule has 0 radical (unpaired) electrons. The number of aromatic hydroxyl groups is 1. The van der Waals surface area contributed by atoms with E-state index >= 15 is 0 Å².